The van der Waals surface area contributed by atoms with Gasteiger partial charge >= 0.3 is 5.97 Å². The first kappa shape index (κ1) is 16.2. The number of hydrogen-bond acceptors (Lipinski definition) is 2. The Morgan fingerprint density at radius 2 is 1.95 bits per heavy atom. The quantitative estimate of drug-likeness (QED) is 0.835. The van der Waals surface area contributed by atoms with Crippen LogP contribution in [0.2, 0.25) is 0 Å². The van der Waals surface area contributed by atoms with Crippen molar-refractivity contribution in [2.45, 2.75) is 13.8 Å². The molecule has 0 saturated carbocycles. The number of amides is 1. The molecule has 0 aliphatic carbocycles. The average Bonchev–Trinajstić information content (AvgIpc) is 2.29. The van der Waals surface area contributed by atoms with Crippen LogP contribution in [0.1, 0.15) is 24.2 Å². The summed E-state index contributed by atoms with van der Waals surface area (Å²) in [4.78, 5) is 24.6. The Bertz CT molecular complexity index is 489. The number of rotatable bonds is 5. The number of carboxylic acid groups (broad SMARTS) is 1. The van der Waals surface area contributed by atoms with E-state index in [1.165, 1.54) is 4.90 Å². The second kappa shape index (κ2) is 7.05. The lowest BCUT2D eigenvalue weighted by atomic mass is 10.1. The fourth-order valence-electron chi connectivity index (χ4n) is 1.66. The second-order valence-corrected chi connectivity index (χ2v) is 6.37. The number of aliphatic carboxylic acids is 1. The topological polar surface area (TPSA) is 57.6 Å². The Kier molecular flexibility index (Phi) is 6.00. The highest BCUT2D eigenvalue weighted by atomic mass is 79.9. The van der Waals surface area contributed by atoms with Gasteiger partial charge in [-0.25, -0.2) is 0 Å². The predicted octanol–water partition coefficient (Wildman–Crippen LogP) is 3.39. The molecule has 1 aromatic rings. The van der Waals surface area contributed by atoms with Crippen LogP contribution in [-0.2, 0) is 4.79 Å². The van der Waals surface area contributed by atoms with Gasteiger partial charge in [0.25, 0.3) is 5.91 Å². The van der Waals surface area contributed by atoms with E-state index < -0.39 is 5.97 Å². The average molecular weight is 393 g/mol. The molecule has 6 heteroatoms. The predicted molar refractivity (Wildman–Crippen MR) is 80.2 cm³/mol. The van der Waals surface area contributed by atoms with Gasteiger partial charge in [0.1, 0.15) is 6.54 Å². The Morgan fingerprint density at radius 3 is 2.47 bits per heavy atom. The Labute approximate surface area is 129 Å². The normalized spacial score (nSPS) is 10.6. The van der Waals surface area contributed by atoms with Gasteiger partial charge in [0.05, 0.1) is 5.56 Å². The molecule has 0 aromatic heterocycles. The van der Waals surface area contributed by atoms with Crippen LogP contribution < -0.4 is 0 Å². The minimum absolute atomic E-state index is 0.203. The standard InChI is InChI=1S/C13H15Br2NO3/c1-8(2)6-16(7-12(17)18)13(19)10-5-9(14)3-4-11(10)15/h3-5,8H,6-7H2,1-2H3,(H,17,18). The zero-order valence-corrected chi connectivity index (χ0v) is 13.9. The number of benzene rings is 1. The minimum Gasteiger partial charge on any atom is -0.480 e. The lowest BCUT2D eigenvalue weighted by Crippen LogP contribution is -2.38. The minimum atomic E-state index is -1.01. The number of halogens is 2. The maximum Gasteiger partial charge on any atom is 0.323 e. The summed E-state index contributed by atoms with van der Waals surface area (Å²) in [6, 6.07) is 5.25. The first-order chi connectivity index (χ1) is 8.81. The number of nitrogens with zero attached hydrogens (tertiary/aromatic N) is 1. The molecule has 0 atom stereocenters. The van der Waals surface area contributed by atoms with E-state index in [2.05, 4.69) is 31.9 Å². The third-order valence-corrected chi connectivity index (χ3v) is 3.54. The van der Waals surface area contributed by atoms with Gasteiger partial charge in [-0.3, -0.25) is 9.59 Å². The van der Waals surface area contributed by atoms with Crippen LogP contribution in [0.5, 0.6) is 0 Å². The van der Waals surface area contributed by atoms with Crippen molar-refractivity contribution >= 4 is 43.7 Å². The molecule has 0 saturated heterocycles. The van der Waals surface area contributed by atoms with Gasteiger partial charge < -0.3 is 10.0 Å². The highest BCUT2D eigenvalue weighted by Crippen LogP contribution is 2.23. The van der Waals surface area contributed by atoms with E-state index in [1.54, 1.807) is 12.1 Å². The van der Waals surface area contributed by atoms with Gasteiger partial charge in [-0.1, -0.05) is 29.8 Å². The van der Waals surface area contributed by atoms with Crippen LogP contribution in [0.15, 0.2) is 27.1 Å². The molecule has 0 radical (unpaired) electrons. The Morgan fingerprint density at radius 1 is 1.32 bits per heavy atom. The molecule has 19 heavy (non-hydrogen) atoms. The van der Waals surface area contributed by atoms with Crippen LogP contribution in [0, 0.1) is 5.92 Å². The van der Waals surface area contributed by atoms with Crippen molar-refractivity contribution in [3.8, 4) is 0 Å². The summed E-state index contributed by atoms with van der Waals surface area (Å²) in [5, 5.41) is 8.90. The van der Waals surface area contributed by atoms with E-state index in [9.17, 15) is 9.59 Å². The lowest BCUT2D eigenvalue weighted by molar-refractivity contribution is -0.137. The lowest BCUT2D eigenvalue weighted by Gasteiger charge is -2.23. The van der Waals surface area contributed by atoms with Crippen molar-refractivity contribution in [1.29, 1.82) is 0 Å². The summed E-state index contributed by atoms with van der Waals surface area (Å²) in [7, 11) is 0. The van der Waals surface area contributed by atoms with E-state index in [0.29, 0.717) is 16.6 Å². The van der Waals surface area contributed by atoms with Crippen molar-refractivity contribution in [2.75, 3.05) is 13.1 Å². The van der Waals surface area contributed by atoms with E-state index in [0.717, 1.165) is 4.47 Å². The molecule has 104 valence electrons. The smallest absolute Gasteiger partial charge is 0.323 e. The van der Waals surface area contributed by atoms with Gasteiger partial charge in [-0.2, -0.15) is 0 Å². The first-order valence-corrected chi connectivity index (χ1v) is 7.36. The zero-order valence-electron chi connectivity index (χ0n) is 10.7. The molecule has 0 aliphatic heterocycles. The monoisotopic (exact) mass is 391 g/mol. The molecule has 4 nitrogen and oxygen atoms in total. The van der Waals surface area contributed by atoms with E-state index in [-0.39, 0.29) is 18.4 Å². The summed E-state index contributed by atoms with van der Waals surface area (Å²) in [6.07, 6.45) is 0. The van der Waals surface area contributed by atoms with E-state index >= 15 is 0 Å². The third kappa shape index (κ3) is 4.95. The summed E-state index contributed by atoms with van der Waals surface area (Å²) < 4.78 is 1.43. The molecular weight excluding hydrogens is 378 g/mol. The molecule has 1 amide bonds. The molecule has 0 unspecified atom stereocenters. The number of hydrogen-bond donors (Lipinski definition) is 1. The van der Waals surface area contributed by atoms with Crippen LogP contribution in [0.25, 0.3) is 0 Å². The van der Waals surface area contributed by atoms with Crippen molar-refractivity contribution in [3.63, 3.8) is 0 Å². The van der Waals surface area contributed by atoms with Gasteiger partial charge in [0, 0.05) is 15.5 Å². The van der Waals surface area contributed by atoms with Crippen molar-refractivity contribution in [3.05, 3.63) is 32.7 Å². The van der Waals surface area contributed by atoms with E-state index in [1.807, 2.05) is 19.9 Å². The molecule has 1 N–H and O–H groups in total. The molecule has 1 aromatic carbocycles. The number of carboxylic acids is 1. The van der Waals surface area contributed by atoms with Gasteiger partial charge in [0.2, 0.25) is 0 Å². The number of carbonyl (C=O) groups is 2. The summed E-state index contributed by atoms with van der Waals surface area (Å²) in [5.74, 6) is -1.10. The molecule has 1 rings (SSSR count). The fraction of sp³-hybridized carbons (Fsp3) is 0.385. The third-order valence-electron chi connectivity index (χ3n) is 2.36. The second-order valence-electron chi connectivity index (χ2n) is 4.60. The largest absolute Gasteiger partial charge is 0.480 e. The number of carbonyl (C=O) groups excluding carboxylic acids is 1. The van der Waals surface area contributed by atoms with Crippen LogP contribution in [-0.4, -0.2) is 35.0 Å². The Hall–Kier alpha value is -0.880. The fourth-order valence-corrected chi connectivity index (χ4v) is 2.43. The molecule has 0 aliphatic rings. The maximum atomic E-state index is 12.4. The first-order valence-electron chi connectivity index (χ1n) is 5.77. The van der Waals surface area contributed by atoms with Gasteiger partial charge in [0.15, 0.2) is 0 Å². The molecule has 0 heterocycles. The maximum absolute atomic E-state index is 12.4. The van der Waals surface area contributed by atoms with Gasteiger partial charge in [-0.15, -0.1) is 0 Å². The zero-order chi connectivity index (χ0) is 14.6. The molecule has 0 spiro atoms. The van der Waals surface area contributed by atoms with Crippen LogP contribution in [0.4, 0.5) is 0 Å². The highest BCUT2D eigenvalue weighted by molar-refractivity contribution is 9.11. The van der Waals surface area contributed by atoms with Crippen molar-refractivity contribution in [2.24, 2.45) is 5.92 Å². The van der Waals surface area contributed by atoms with E-state index in [4.69, 9.17) is 5.11 Å². The SMILES string of the molecule is CC(C)CN(CC(=O)O)C(=O)c1cc(Br)ccc1Br. The van der Waals surface area contributed by atoms with Crippen molar-refractivity contribution < 1.29 is 14.7 Å². The summed E-state index contributed by atoms with van der Waals surface area (Å²) in [5.41, 5.74) is 0.455. The van der Waals surface area contributed by atoms with Crippen LogP contribution >= 0.6 is 31.9 Å². The highest BCUT2D eigenvalue weighted by Gasteiger charge is 2.21. The van der Waals surface area contributed by atoms with Gasteiger partial charge in [-0.05, 0) is 40.0 Å². The van der Waals surface area contributed by atoms with Crippen LogP contribution in [0.3, 0.4) is 0 Å². The molecule has 0 fully saturated rings. The molecule has 0 bridgehead atoms. The summed E-state index contributed by atoms with van der Waals surface area (Å²) in [6.45, 7) is 4.00. The van der Waals surface area contributed by atoms with Crippen molar-refractivity contribution in [1.82, 2.24) is 4.90 Å². The Balaban J connectivity index is 3.03. The molecular formula is C13H15Br2NO3. The summed E-state index contributed by atoms with van der Waals surface area (Å²) >= 11 is 6.62.